The first-order valence-corrected chi connectivity index (χ1v) is 10.8. The Kier molecular flexibility index (Phi) is 6.60. The number of anilines is 2. The minimum absolute atomic E-state index is 0.0722. The lowest BCUT2D eigenvalue weighted by molar-refractivity contribution is -0.115. The summed E-state index contributed by atoms with van der Waals surface area (Å²) in [6, 6.07) is 19.0. The molecule has 1 N–H and O–H groups in total. The third-order valence-corrected chi connectivity index (χ3v) is 5.55. The number of hydrogen-bond donors (Lipinski definition) is 1. The number of halogens is 1. The van der Waals surface area contributed by atoms with Crippen molar-refractivity contribution >= 4 is 29.0 Å². The summed E-state index contributed by atoms with van der Waals surface area (Å²) in [4.78, 5) is 14.7. The van der Waals surface area contributed by atoms with Gasteiger partial charge in [-0.25, -0.2) is 0 Å². The fourth-order valence-electron chi connectivity index (χ4n) is 3.70. The Morgan fingerprint density at radius 1 is 0.933 bits per heavy atom. The molecule has 2 heterocycles. The van der Waals surface area contributed by atoms with E-state index in [9.17, 15) is 4.79 Å². The first-order valence-electron chi connectivity index (χ1n) is 10.4. The van der Waals surface area contributed by atoms with Crippen LogP contribution in [0, 0.1) is 0 Å². The van der Waals surface area contributed by atoms with Crippen LogP contribution in [0.3, 0.4) is 0 Å². The number of carbonyl (C=O) groups is 1. The first kappa shape index (κ1) is 20.4. The van der Waals surface area contributed by atoms with Gasteiger partial charge >= 0.3 is 0 Å². The Bertz CT molecular complexity index is 981. The maximum absolute atomic E-state index is 12.4. The normalized spacial score (nSPS) is 14.2. The van der Waals surface area contributed by atoms with Crippen LogP contribution in [0.15, 0.2) is 60.7 Å². The molecule has 154 valence electrons. The molecule has 30 heavy (non-hydrogen) atoms. The second-order valence-corrected chi connectivity index (χ2v) is 8.05. The zero-order chi connectivity index (χ0) is 20.8. The van der Waals surface area contributed by atoms with E-state index in [-0.39, 0.29) is 5.91 Å². The molecule has 5 nitrogen and oxygen atoms in total. The van der Waals surface area contributed by atoms with Gasteiger partial charge in [0, 0.05) is 29.4 Å². The third kappa shape index (κ3) is 5.36. The molecule has 0 radical (unpaired) electrons. The molecule has 0 unspecified atom stereocenters. The monoisotopic (exact) mass is 420 g/mol. The van der Waals surface area contributed by atoms with E-state index in [1.165, 1.54) is 25.7 Å². The van der Waals surface area contributed by atoms with Crippen molar-refractivity contribution in [3.05, 3.63) is 71.2 Å². The van der Waals surface area contributed by atoms with Crippen LogP contribution in [0.4, 0.5) is 11.5 Å². The van der Waals surface area contributed by atoms with Crippen molar-refractivity contribution in [1.29, 1.82) is 0 Å². The summed E-state index contributed by atoms with van der Waals surface area (Å²) in [5.41, 5.74) is 3.38. The molecule has 0 aliphatic carbocycles. The number of nitrogens with zero attached hydrogens (tertiary/aromatic N) is 3. The quantitative estimate of drug-likeness (QED) is 0.603. The van der Waals surface area contributed by atoms with E-state index in [0.717, 1.165) is 41.4 Å². The molecule has 0 bridgehead atoms. The third-order valence-electron chi connectivity index (χ3n) is 5.30. The summed E-state index contributed by atoms with van der Waals surface area (Å²) in [6.45, 7) is 2.09. The maximum atomic E-state index is 12.4. The van der Waals surface area contributed by atoms with E-state index in [2.05, 4.69) is 20.4 Å². The molecule has 1 aromatic heterocycles. The van der Waals surface area contributed by atoms with Crippen LogP contribution < -0.4 is 10.2 Å². The van der Waals surface area contributed by atoms with Gasteiger partial charge in [0.05, 0.1) is 12.1 Å². The topological polar surface area (TPSA) is 58.1 Å². The van der Waals surface area contributed by atoms with Crippen molar-refractivity contribution < 1.29 is 4.79 Å². The Labute approximate surface area is 182 Å². The van der Waals surface area contributed by atoms with E-state index in [1.54, 1.807) is 12.1 Å². The summed E-state index contributed by atoms with van der Waals surface area (Å²) in [6.07, 6.45) is 5.30. The van der Waals surface area contributed by atoms with Crippen molar-refractivity contribution in [2.24, 2.45) is 0 Å². The van der Waals surface area contributed by atoms with Crippen LogP contribution in [-0.4, -0.2) is 29.2 Å². The smallest absolute Gasteiger partial charge is 0.228 e. The van der Waals surface area contributed by atoms with E-state index in [0.29, 0.717) is 11.4 Å². The average Bonchev–Trinajstić information content (AvgIpc) is 3.05. The Morgan fingerprint density at radius 3 is 2.40 bits per heavy atom. The average molecular weight is 421 g/mol. The van der Waals surface area contributed by atoms with E-state index in [4.69, 9.17) is 11.6 Å². The van der Waals surface area contributed by atoms with Gasteiger partial charge in [-0.3, -0.25) is 4.79 Å². The number of nitrogens with one attached hydrogen (secondary N) is 1. The zero-order valence-corrected chi connectivity index (χ0v) is 17.6. The lowest BCUT2D eigenvalue weighted by atomic mass is 10.1. The predicted octanol–water partition coefficient (Wildman–Crippen LogP) is 5.36. The number of amides is 1. The highest BCUT2D eigenvalue weighted by Gasteiger charge is 2.12. The Hall–Kier alpha value is -2.92. The van der Waals surface area contributed by atoms with Gasteiger partial charge in [0.1, 0.15) is 0 Å². The summed E-state index contributed by atoms with van der Waals surface area (Å²) < 4.78 is 0. The van der Waals surface area contributed by atoms with Crippen molar-refractivity contribution in [2.75, 3.05) is 23.3 Å². The highest BCUT2D eigenvalue weighted by Crippen LogP contribution is 2.23. The highest BCUT2D eigenvalue weighted by atomic mass is 35.5. The van der Waals surface area contributed by atoms with E-state index < -0.39 is 0 Å². The molecule has 2 aromatic carbocycles. The molecule has 1 saturated heterocycles. The Balaban J connectivity index is 1.42. The molecule has 1 aliphatic heterocycles. The molecule has 1 amide bonds. The maximum Gasteiger partial charge on any atom is 0.228 e. The summed E-state index contributed by atoms with van der Waals surface area (Å²) in [5.74, 6) is 0.866. The molecule has 0 saturated carbocycles. The minimum atomic E-state index is -0.0722. The largest absolute Gasteiger partial charge is 0.355 e. The summed E-state index contributed by atoms with van der Waals surface area (Å²) in [7, 11) is 0. The summed E-state index contributed by atoms with van der Waals surface area (Å²) in [5, 5.41) is 12.5. The van der Waals surface area contributed by atoms with Crippen molar-refractivity contribution in [1.82, 2.24) is 10.2 Å². The van der Waals surface area contributed by atoms with Crippen molar-refractivity contribution in [3.63, 3.8) is 0 Å². The number of aromatic nitrogens is 2. The molecule has 3 aromatic rings. The molecular weight excluding hydrogens is 396 g/mol. The van der Waals surface area contributed by atoms with Gasteiger partial charge in [-0.2, -0.15) is 0 Å². The standard InChI is InChI=1S/C24H25ClN4O/c25-20-10-8-18(9-11-20)16-24(30)26-21-7-5-6-19(17-21)22-12-13-23(28-27-22)29-14-3-1-2-4-15-29/h5-13,17H,1-4,14-16H2,(H,26,30). The van der Waals surface area contributed by atoms with Crippen LogP contribution in [0.1, 0.15) is 31.2 Å². The van der Waals surface area contributed by atoms with Crippen LogP contribution in [0.2, 0.25) is 5.02 Å². The first-order chi connectivity index (χ1) is 14.7. The van der Waals surface area contributed by atoms with Crippen molar-refractivity contribution in [2.45, 2.75) is 32.1 Å². The van der Waals surface area contributed by atoms with Gasteiger partial charge < -0.3 is 10.2 Å². The van der Waals surface area contributed by atoms with Gasteiger partial charge in [-0.1, -0.05) is 48.7 Å². The van der Waals surface area contributed by atoms with Crippen LogP contribution in [0.5, 0.6) is 0 Å². The number of benzene rings is 2. The lowest BCUT2D eigenvalue weighted by Gasteiger charge is -2.20. The fraction of sp³-hybridized carbons (Fsp3) is 0.292. The van der Waals surface area contributed by atoms with Gasteiger partial charge in [0.15, 0.2) is 5.82 Å². The molecule has 6 heteroatoms. The van der Waals surface area contributed by atoms with E-state index in [1.807, 2.05) is 48.5 Å². The molecule has 4 rings (SSSR count). The molecule has 0 atom stereocenters. The SMILES string of the molecule is O=C(Cc1ccc(Cl)cc1)Nc1cccc(-c2ccc(N3CCCCCC3)nn2)c1. The lowest BCUT2D eigenvalue weighted by Crippen LogP contribution is -2.25. The molecule has 1 aliphatic rings. The van der Waals surface area contributed by atoms with Gasteiger partial charge in [-0.15, -0.1) is 10.2 Å². The van der Waals surface area contributed by atoms with Gasteiger partial charge in [-0.05, 0) is 54.8 Å². The van der Waals surface area contributed by atoms with Gasteiger partial charge in [0.25, 0.3) is 0 Å². The zero-order valence-electron chi connectivity index (χ0n) is 16.9. The number of rotatable bonds is 5. The number of carbonyl (C=O) groups excluding carboxylic acids is 1. The van der Waals surface area contributed by atoms with E-state index >= 15 is 0 Å². The van der Waals surface area contributed by atoms with Crippen molar-refractivity contribution in [3.8, 4) is 11.3 Å². The Morgan fingerprint density at radius 2 is 1.70 bits per heavy atom. The predicted molar refractivity (Wildman–Crippen MR) is 122 cm³/mol. The number of hydrogen-bond acceptors (Lipinski definition) is 4. The second-order valence-electron chi connectivity index (χ2n) is 7.61. The summed E-state index contributed by atoms with van der Waals surface area (Å²) >= 11 is 5.90. The molecule has 1 fully saturated rings. The second kappa shape index (κ2) is 9.72. The van der Waals surface area contributed by atoms with Crippen LogP contribution in [-0.2, 0) is 11.2 Å². The fourth-order valence-corrected chi connectivity index (χ4v) is 3.82. The molecule has 0 spiro atoms. The molecular formula is C24H25ClN4O. The van der Waals surface area contributed by atoms with Crippen LogP contribution in [0.25, 0.3) is 11.3 Å². The van der Waals surface area contributed by atoms with Gasteiger partial charge in [0.2, 0.25) is 5.91 Å². The minimum Gasteiger partial charge on any atom is -0.355 e. The highest BCUT2D eigenvalue weighted by molar-refractivity contribution is 6.30. The van der Waals surface area contributed by atoms with Crippen LogP contribution >= 0.6 is 11.6 Å².